The molecule has 2 aromatic rings. The van der Waals surface area contributed by atoms with Crippen LogP contribution in [0.5, 0.6) is 11.5 Å². The third-order valence-corrected chi connectivity index (χ3v) is 5.01. The molecule has 32 heavy (non-hydrogen) atoms. The Hall–Kier alpha value is -4.04. The maximum atomic E-state index is 12.4. The first kappa shape index (κ1) is 22.6. The van der Waals surface area contributed by atoms with Crippen molar-refractivity contribution < 1.29 is 19.1 Å². The lowest BCUT2D eigenvalue weighted by Gasteiger charge is -2.33. The lowest BCUT2D eigenvalue weighted by Crippen LogP contribution is -2.54. The predicted octanol–water partition coefficient (Wildman–Crippen LogP) is 3.02. The van der Waals surface area contributed by atoms with Gasteiger partial charge in [0.2, 0.25) is 0 Å². The van der Waals surface area contributed by atoms with Crippen molar-refractivity contribution in [3.63, 3.8) is 0 Å². The van der Waals surface area contributed by atoms with Crippen LogP contribution >= 0.6 is 0 Å². The van der Waals surface area contributed by atoms with Gasteiger partial charge < -0.3 is 19.3 Å². The summed E-state index contributed by atoms with van der Waals surface area (Å²) in [5.41, 5.74) is 1.09. The Bertz CT molecular complexity index is 1020. The lowest BCUT2D eigenvalue weighted by molar-refractivity contribution is -0.156. The number of nitriles is 1. The van der Waals surface area contributed by atoms with Gasteiger partial charge in [-0.3, -0.25) is 9.59 Å². The summed E-state index contributed by atoms with van der Waals surface area (Å²) >= 11 is 0. The molecular weight excluding hydrogens is 408 g/mol. The number of carbonyl (C=O) groups is 2. The van der Waals surface area contributed by atoms with Gasteiger partial charge in [-0.2, -0.15) is 5.26 Å². The smallest absolute Gasteiger partial charge is 0.312 e. The van der Waals surface area contributed by atoms with Crippen LogP contribution in [0.25, 0.3) is 4.85 Å². The van der Waals surface area contributed by atoms with Crippen LogP contribution in [-0.2, 0) is 9.59 Å². The molecule has 1 fully saturated rings. The molecule has 2 aromatic carbocycles. The number of rotatable bonds is 10. The molecule has 0 aliphatic carbocycles. The fourth-order valence-electron chi connectivity index (χ4n) is 3.30. The SMILES string of the molecule is [C-]#[N+]c1ccc(OCCCN2CCN(CCCOc3cccc(C#N)c3)C(=O)C2=O)cc1. The van der Waals surface area contributed by atoms with Gasteiger partial charge in [-0.05, 0) is 43.2 Å². The minimum atomic E-state index is -0.488. The van der Waals surface area contributed by atoms with Crippen LogP contribution in [0.2, 0.25) is 0 Å². The van der Waals surface area contributed by atoms with E-state index < -0.39 is 11.8 Å². The highest BCUT2D eigenvalue weighted by Gasteiger charge is 2.31. The summed E-state index contributed by atoms with van der Waals surface area (Å²) in [4.78, 5) is 31.3. The molecule has 3 rings (SSSR count). The minimum absolute atomic E-state index is 0.394. The molecule has 0 unspecified atom stereocenters. The summed E-state index contributed by atoms with van der Waals surface area (Å²) in [7, 11) is 0. The van der Waals surface area contributed by atoms with Crippen molar-refractivity contribution in [2.45, 2.75) is 12.8 Å². The maximum Gasteiger partial charge on any atom is 0.312 e. The van der Waals surface area contributed by atoms with E-state index in [0.717, 1.165) is 0 Å². The van der Waals surface area contributed by atoms with Crippen molar-refractivity contribution in [3.05, 3.63) is 65.5 Å². The van der Waals surface area contributed by atoms with Crippen LogP contribution in [-0.4, -0.2) is 61.0 Å². The Morgan fingerprint density at radius 2 is 1.50 bits per heavy atom. The summed E-state index contributed by atoms with van der Waals surface area (Å²) < 4.78 is 11.3. The number of carbonyl (C=O) groups excluding carboxylic acids is 2. The molecule has 0 spiro atoms. The fraction of sp³-hybridized carbons (Fsp3) is 0.333. The third kappa shape index (κ3) is 6.23. The van der Waals surface area contributed by atoms with Crippen LogP contribution in [0.4, 0.5) is 5.69 Å². The van der Waals surface area contributed by atoms with E-state index in [1.54, 1.807) is 58.3 Å². The number of amides is 2. The van der Waals surface area contributed by atoms with Gasteiger partial charge in [0.25, 0.3) is 0 Å². The van der Waals surface area contributed by atoms with E-state index in [2.05, 4.69) is 10.9 Å². The van der Waals surface area contributed by atoms with Crippen molar-refractivity contribution in [2.24, 2.45) is 0 Å². The lowest BCUT2D eigenvalue weighted by atomic mass is 10.2. The van der Waals surface area contributed by atoms with Crippen LogP contribution < -0.4 is 9.47 Å². The Labute approximate surface area is 187 Å². The number of benzene rings is 2. The van der Waals surface area contributed by atoms with E-state index in [4.69, 9.17) is 21.3 Å². The Kier molecular flexibility index (Phi) is 8.05. The molecule has 0 aromatic heterocycles. The molecule has 0 saturated carbocycles. The summed E-state index contributed by atoms with van der Waals surface area (Å²) in [5, 5.41) is 8.92. The highest BCUT2D eigenvalue weighted by Crippen LogP contribution is 2.18. The van der Waals surface area contributed by atoms with Gasteiger partial charge in [-0.15, -0.1) is 0 Å². The van der Waals surface area contributed by atoms with Crippen molar-refractivity contribution in [3.8, 4) is 17.6 Å². The molecule has 1 aliphatic rings. The second kappa shape index (κ2) is 11.4. The predicted molar refractivity (Wildman–Crippen MR) is 117 cm³/mol. The van der Waals surface area contributed by atoms with Gasteiger partial charge in [-0.1, -0.05) is 18.2 Å². The van der Waals surface area contributed by atoms with E-state index in [-0.39, 0.29) is 0 Å². The van der Waals surface area contributed by atoms with E-state index >= 15 is 0 Å². The van der Waals surface area contributed by atoms with Crippen LogP contribution in [0.3, 0.4) is 0 Å². The zero-order valence-electron chi connectivity index (χ0n) is 17.7. The van der Waals surface area contributed by atoms with Gasteiger partial charge in [0.15, 0.2) is 5.69 Å². The standard InChI is InChI=1S/C24H24N4O4/c1-26-20-7-9-21(10-8-20)31-15-3-11-27-13-14-28(24(30)23(27)29)12-4-16-32-22-6-2-5-19(17-22)18-25/h2,5-10,17H,3-4,11-16H2. The second-order valence-corrected chi connectivity index (χ2v) is 7.23. The first-order chi connectivity index (χ1) is 15.6. The normalized spacial score (nSPS) is 13.4. The van der Waals surface area contributed by atoms with E-state index in [1.165, 1.54) is 0 Å². The molecular formula is C24H24N4O4. The molecule has 1 heterocycles. The molecule has 2 amide bonds. The molecule has 0 radical (unpaired) electrons. The van der Waals surface area contributed by atoms with Gasteiger partial charge >= 0.3 is 11.8 Å². The molecule has 8 heteroatoms. The zero-order chi connectivity index (χ0) is 22.8. The molecule has 164 valence electrons. The molecule has 1 aliphatic heterocycles. The van der Waals surface area contributed by atoms with E-state index in [1.807, 2.05) is 0 Å². The molecule has 0 bridgehead atoms. The number of hydrogen-bond donors (Lipinski definition) is 0. The van der Waals surface area contributed by atoms with Crippen molar-refractivity contribution >= 4 is 17.5 Å². The van der Waals surface area contributed by atoms with Crippen molar-refractivity contribution in [2.75, 3.05) is 39.4 Å². The number of hydrogen-bond acceptors (Lipinski definition) is 5. The molecule has 8 nitrogen and oxygen atoms in total. The van der Waals surface area contributed by atoms with Crippen LogP contribution in [0.1, 0.15) is 18.4 Å². The Morgan fingerprint density at radius 3 is 2.06 bits per heavy atom. The summed E-state index contributed by atoms with van der Waals surface area (Å²) in [5.74, 6) is 0.311. The van der Waals surface area contributed by atoms with Crippen molar-refractivity contribution in [1.82, 2.24) is 9.80 Å². The summed E-state index contributed by atoms with van der Waals surface area (Å²) in [6, 6.07) is 15.8. The van der Waals surface area contributed by atoms with Crippen LogP contribution in [0, 0.1) is 17.9 Å². The monoisotopic (exact) mass is 432 g/mol. The van der Waals surface area contributed by atoms with Gasteiger partial charge in [0.1, 0.15) is 11.5 Å². The molecule has 0 N–H and O–H groups in total. The van der Waals surface area contributed by atoms with E-state index in [0.29, 0.717) is 75.0 Å². The van der Waals surface area contributed by atoms with E-state index in [9.17, 15) is 9.59 Å². The first-order valence-electron chi connectivity index (χ1n) is 10.4. The van der Waals surface area contributed by atoms with Gasteiger partial charge in [0, 0.05) is 26.2 Å². The third-order valence-electron chi connectivity index (χ3n) is 5.01. The number of nitrogens with zero attached hydrogens (tertiary/aromatic N) is 4. The maximum absolute atomic E-state index is 12.4. The average Bonchev–Trinajstić information content (AvgIpc) is 2.83. The Balaban J connectivity index is 1.34. The summed E-state index contributed by atoms with van der Waals surface area (Å²) in [6.45, 7) is 9.64. The summed E-state index contributed by atoms with van der Waals surface area (Å²) in [6.07, 6.45) is 1.20. The average molecular weight is 432 g/mol. The Morgan fingerprint density at radius 1 is 0.906 bits per heavy atom. The number of ether oxygens (including phenoxy) is 2. The highest BCUT2D eigenvalue weighted by molar-refractivity contribution is 6.35. The van der Waals surface area contributed by atoms with Gasteiger partial charge in [-0.25, -0.2) is 4.85 Å². The first-order valence-corrected chi connectivity index (χ1v) is 10.4. The van der Waals surface area contributed by atoms with Crippen LogP contribution in [0.15, 0.2) is 48.5 Å². The fourth-order valence-corrected chi connectivity index (χ4v) is 3.30. The second-order valence-electron chi connectivity index (χ2n) is 7.23. The highest BCUT2D eigenvalue weighted by atomic mass is 16.5. The molecule has 1 saturated heterocycles. The largest absolute Gasteiger partial charge is 0.494 e. The van der Waals surface area contributed by atoms with Gasteiger partial charge in [0.05, 0.1) is 31.4 Å². The number of piperazine rings is 1. The minimum Gasteiger partial charge on any atom is -0.494 e. The van der Waals surface area contributed by atoms with Crippen molar-refractivity contribution in [1.29, 1.82) is 5.26 Å². The quantitative estimate of drug-likeness (QED) is 0.327. The topological polar surface area (TPSA) is 87.2 Å². The zero-order valence-corrected chi connectivity index (χ0v) is 17.7. The molecule has 0 atom stereocenters.